The summed E-state index contributed by atoms with van der Waals surface area (Å²) in [4.78, 5) is 55.8. The van der Waals surface area contributed by atoms with Gasteiger partial charge in [-0.2, -0.15) is 8.87 Å². The average Bonchev–Trinajstić information content (AvgIpc) is 2.81. The number of aromatic nitrogens is 3. The van der Waals surface area contributed by atoms with Gasteiger partial charge in [-0.05, 0) is 18.6 Å². The monoisotopic (exact) mass is 512 g/mol. The van der Waals surface area contributed by atoms with Crippen molar-refractivity contribution in [1.29, 1.82) is 0 Å². The third-order valence-electron chi connectivity index (χ3n) is 4.87. The lowest BCUT2D eigenvalue weighted by atomic mass is 10.2. The summed E-state index contributed by atoms with van der Waals surface area (Å²) in [6.45, 7) is 0.758. The molecule has 14 nitrogen and oxygen atoms in total. The molecule has 0 fully saturated rings. The smallest absolute Gasteiger partial charge is 0.303 e. The molecule has 1 amide bonds. The van der Waals surface area contributed by atoms with Crippen molar-refractivity contribution >= 4 is 53.8 Å². The molecule has 0 bridgehead atoms. The fraction of sp³-hybridized carbons (Fsp3) is 0.368. The fourth-order valence-corrected chi connectivity index (χ4v) is 3.58. The summed E-state index contributed by atoms with van der Waals surface area (Å²) in [7, 11) is 1.76. The number of aromatic amines is 1. The third-order valence-corrected chi connectivity index (χ3v) is 5.33. The Morgan fingerprint density at radius 1 is 1.40 bits per heavy atom. The number of carboxylic acid groups (broad SMARTS) is 2. The molecule has 1 unspecified atom stereocenters. The fourth-order valence-electron chi connectivity index (χ4n) is 3.21. The summed E-state index contributed by atoms with van der Waals surface area (Å²) in [6, 6.07) is 2.85. The number of nitrogen functional groups attached to an aromatic ring is 1. The summed E-state index contributed by atoms with van der Waals surface area (Å²) in [5, 5.41) is 24.1. The molecular weight excluding hydrogens is 487 g/mol. The molecule has 3 heterocycles. The van der Waals surface area contributed by atoms with Crippen LogP contribution in [0.2, 0.25) is 0 Å². The molecule has 1 aliphatic heterocycles. The highest BCUT2D eigenvalue weighted by Crippen LogP contribution is 2.26. The Morgan fingerprint density at radius 3 is 2.77 bits per heavy atom. The number of halogens is 1. The Kier molecular flexibility index (Phi) is 10.1. The predicted molar refractivity (Wildman–Crippen MR) is 128 cm³/mol. The van der Waals surface area contributed by atoms with Crippen molar-refractivity contribution in [2.24, 2.45) is 0 Å². The van der Waals surface area contributed by atoms with Crippen LogP contribution in [0.15, 0.2) is 22.0 Å². The summed E-state index contributed by atoms with van der Waals surface area (Å²) < 4.78 is 13.4. The van der Waals surface area contributed by atoms with E-state index >= 15 is 0 Å². The summed E-state index contributed by atoms with van der Waals surface area (Å²) >= 11 is -0.156. The maximum Gasteiger partial charge on any atom is 0.303 e. The number of carboxylic acids is 1. The minimum atomic E-state index is -0.955. The molecule has 3 rings (SSSR count). The highest BCUT2D eigenvalue weighted by Gasteiger charge is 2.27. The lowest BCUT2D eigenvalue weighted by molar-refractivity contribution is -0.137. The number of carbonyl (C=O) groups is 3. The Morgan fingerprint density at radius 2 is 2.11 bits per heavy atom. The van der Waals surface area contributed by atoms with Crippen molar-refractivity contribution in [3.63, 3.8) is 0 Å². The van der Waals surface area contributed by atoms with E-state index < -0.39 is 11.9 Å². The highest BCUT2D eigenvalue weighted by molar-refractivity contribution is 7.94. The van der Waals surface area contributed by atoms with Crippen LogP contribution in [0.1, 0.15) is 23.2 Å². The number of hydrogen-bond acceptors (Lipinski definition) is 11. The van der Waals surface area contributed by atoms with Crippen LogP contribution in [0.4, 0.5) is 27.2 Å². The zero-order valence-electron chi connectivity index (χ0n) is 18.6. The molecule has 16 heteroatoms. The molecule has 2 aromatic rings. The molecule has 0 aliphatic carbocycles. The van der Waals surface area contributed by atoms with Crippen molar-refractivity contribution < 1.29 is 28.5 Å². The van der Waals surface area contributed by atoms with Gasteiger partial charge in [0.1, 0.15) is 28.7 Å². The predicted octanol–water partition coefficient (Wildman–Crippen LogP) is 0.362. The first-order valence-corrected chi connectivity index (χ1v) is 10.9. The molecule has 0 saturated heterocycles. The SMILES string of the molecule is CN1c2c(nc(N)[nH]c2=O)NCC1CNc1ccc(C(=O)NCCCC(=O)O)c(SF)n1.O=CO. The molecule has 2 aromatic heterocycles. The van der Waals surface area contributed by atoms with Crippen molar-refractivity contribution in [3.8, 4) is 0 Å². The van der Waals surface area contributed by atoms with Gasteiger partial charge in [0.15, 0.2) is 5.82 Å². The molecule has 0 spiro atoms. The van der Waals surface area contributed by atoms with Crippen LogP contribution >= 0.6 is 12.1 Å². The molecule has 1 atom stereocenters. The number of fused-ring (bicyclic) bond motifs is 1. The molecule has 0 aromatic carbocycles. The Balaban J connectivity index is 0.00000137. The van der Waals surface area contributed by atoms with Crippen LogP contribution in [-0.2, 0) is 9.59 Å². The second-order valence-electron chi connectivity index (χ2n) is 7.16. The Bertz CT molecular complexity index is 1120. The zero-order chi connectivity index (χ0) is 26.0. The van der Waals surface area contributed by atoms with Gasteiger partial charge in [-0.3, -0.25) is 24.2 Å². The number of hydrogen-bond donors (Lipinski definition) is 7. The van der Waals surface area contributed by atoms with Gasteiger partial charge < -0.3 is 36.8 Å². The lowest BCUT2D eigenvalue weighted by Crippen LogP contribution is -2.48. The Hall–Kier alpha value is -4.08. The maximum atomic E-state index is 13.4. The van der Waals surface area contributed by atoms with Gasteiger partial charge in [0, 0.05) is 33.1 Å². The number of amides is 1. The second-order valence-corrected chi connectivity index (χ2v) is 7.70. The minimum Gasteiger partial charge on any atom is -0.483 e. The normalized spacial score (nSPS) is 14.0. The van der Waals surface area contributed by atoms with Crippen LogP contribution in [0.3, 0.4) is 0 Å². The van der Waals surface area contributed by atoms with Crippen molar-refractivity contribution in [2.75, 3.05) is 47.9 Å². The molecule has 8 N–H and O–H groups in total. The summed E-state index contributed by atoms with van der Waals surface area (Å²) in [6.07, 6.45) is 0.194. The number of carbonyl (C=O) groups excluding carboxylic acids is 1. The molecule has 0 saturated carbocycles. The largest absolute Gasteiger partial charge is 0.483 e. The van der Waals surface area contributed by atoms with Gasteiger partial charge in [-0.15, -0.1) is 0 Å². The van der Waals surface area contributed by atoms with Gasteiger partial charge in [-0.1, -0.05) is 0 Å². The topological polar surface area (TPSA) is 216 Å². The van der Waals surface area contributed by atoms with Gasteiger partial charge >= 0.3 is 5.97 Å². The van der Waals surface area contributed by atoms with E-state index in [9.17, 15) is 18.3 Å². The lowest BCUT2D eigenvalue weighted by Gasteiger charge is -2.35. The van der Waals surface area contributed by atoms with E-state index in [2.05, 4.69) is 30.9 Å². The van der Waals surface area contributed by atoms with Crippen LogP contribution in [0, 0.1) is 0 Å². The van der Waals surface area contributed by atoms with E-state index in [4.69, 9.17) is 20.7 Å². The van der Waals surface area contributed by atoms with Crippen LogP contribution in [0.25, 0.3) is 0 Å². The number of nitrogens with two attached hydrogens (primary N) is 1. The van der Waals surface area contributed by atoms with Gasteiger partial charge in [0.25, 0.3) is 17.9 Å². The van der Waals surface area contributed by atoms with E-state index in [1.54, 1.807) is 18.0 Å². The quantitative estimate of drug-likeness (QED) is 0.179. The van der Waals surface area contributed by atoms with Crippen LogP contribution in [-0.4, -0.2) is 76.2 Å². The molecule has 190 valence electrons. The van der Waals surface area contributed by atoms with Gasteiger partial charge in [0.2, 0.25) is 5.95 Å². The third kappa shape index (κ3) is 7.46. The molecule has 1 aliphatic rings. The number of nitrogens with zero attached hydrogens (tertiary/aromatic N) is 3. The number of pyridine rings is 1. The number of nitrogens with one attached hydrogen (secondary N) is 4. The summed E-state index contributed by atoms with van der Waals surface area (Å²) in [5.74, 6) is -0.705. The molecular formula is C19H25FN8O6S. The van der Waals surface area contributed by atoms with E-state index in [0.29, 0.717) is 30.4 Å². The molecule has 0 radical (unpaired) electrons. The standard InChI is InChI=1S/C18H23FN8O4S.CH2O2/c1-27-9(8-23-14-13(27)16(31)26-18(20)25-14)7-22-11-5-4-10(17(24-11)32-19)15(30)21-6-2-3-12(28)29;2-1-3/h4-5,9H,2-3,6-8H2,1H3,(H,21,30)(H,22,24)(H,28,29)(H4,20,23,25,26,31);1H,(H,2,3). The van der Waals surface area contributed by atoms with Crippen molar-refractivity contribution in [1.82, 2.24) is 20.3 Å². The Labute approximate surface area is 202 Å². The number of rotatable bonds is 9. The molecule has 35 heavy (non-hydrogen) atoms. The first kappa shape index (κ1) is 27.2. The number of H-pyrrole nitrogens is 1. The van der Waals surface area contributed by atoms with Gasteiger partial charge in [-0.25, -0.2) is 4.98 Å². The first-order chi connectivity index (χ1) is 16.7. The number of anilines is 4. The summed E-state index contributed by atoms with van der Waals surface area (Å²) in [5.41, 5.74) is 5.63. The zero-order valence-corrected chi connectivity index (χ0v) is 19.4. The van der Waals surface area contributed by atoms with Crippen molar-refractivity contribution in [3.05, 3.63) is 28.0 Å². The van der Waals surface area contributed by atoms with E-state index in [1.165, 1.54) is 6.07 Å². The average molecular weight is 513 g/mol. The highest BCUT2D eigenvalue weighted by atomic mass is 32.2. The number of aliphatic carboxylic acids is 1. The minimum absolute atomic E-state index is 0.0256. The van der Waals surface area contributed by atoms with E-state index in [0.717, 1.165) is 0 Å². The first-order valence-electron chi connectivity index (χ1n) is 10.2. The van der Waals surface area contributed by atoms with Gasteiger partial charge in [0.05, 0.1) is 11.6 Å². The number of likely N-dealkylation sites (N-methyl/N-ethyl adjacent to an activating group) is 1. The van der Waals surface area contributed by atoms with Crippen molar-refractivity contribution in [2.45, 2.75) is 23.9 Å². The van der Waals surface area contributed by atoms with E-state index in [-0.39, 0.29) is 66.1 Å². The maximum absolute atomic E-state index is 13.4. The van der Waals surface area contributed by atoms with Crippen LogP contribution in [0.5, 0.6) is 0 Å². The second kappa shape index (κ2) is 13.0. The van der Waals surface area contributed by atoms with E-state index in [1.807, 2.05) is 0 Å². The van der Waals surface area contributed by atoms with Crippen LogP contribution < -0.4 is 32.1 Å².